The Kier molecular flexibility index (Phi) is 4.09. The van der Waals surface area contributed by atoms with Gasteiger partial charge >= 0.3 is 0 Å². The molecule has 96 valence electrons. The third-order valence-electron chi connectivity index (χ3n) is 2.94. The molecule has 1 atom stereocenters. The number of benzene rings is 1. The van der Waals surface area contributed by atoms with Crippen molar-refractivity contribution in [1.29, 1.82) is 0 Å². The minimum atomic E-state index is 0.0607. The van der Waals surface area contributed by atoms with E-state index in [1.165, 1.54) is 11.3 Å². The molecule has 0 amide bonds. The van der Waals surface area contributed by atoms with Crippen molar-refractivity contribution in [2.45, 2.75) is 6.04 Å². The van der Waals surface area contributed by atoms with Gasteiger partial charge in [-0.1, -0.05) is 12.1 Å². The first-order valence-electron chi connectivity index (χ1n) is 5.81. The molecular formula is C14H17BrN2O. The van der Waals surface area contributed by atoms with Crippen molar-refractivity contribution in [3.63, 3.8) is 0 Å². The number of hydrogen-bond donors (Lipinski definition) is 1. The highest BCUT2D eigenvalue weighted by molar-refractivity contribution is 9.10. The number of furan rings is 1. The molecule has 4 heteroatoms. The first-order valence-corrected chi connectivity index (χ1v) is 6.60. The maximum absolute atomic E-state index is 5.53. The van der Waals surface area contributed by atoms with Crippen LogP contribution in [0.3, 0.4) is 0 Å². The molecule has 0 radical (unpaired) electrons. The Morgan fingerprint density at radius 3 is 2.28 bits per heavy atom. The quantitative estimate of drug-likeness (QED) is 0.938. The molecule has 0 aliphatic heterocycles. The van der Waals surface area contributed by atoms with Crippen LogP contribution in [-0.2, 0) is 0 Å². The van der Waals surface area contributed by atoms with Crippen LogP contribution in [-0.4, -0.2) is 21.1 Å². The fourth-order valence-corrected chi connectivity index (χ4v) is 2.36. The standard InChI is InChI=1S/C14H17BrN2O/c1-16-13(14-12(15)8-9-18-14)10-4-6-11(7-5-10)17(2)3/h4-9,13,16H,1-3H3. The van der Waals surface area contributed by atoms with Gasteiger partial charge in [0.05, 0.1) is 16.8 Å². The van der Waals surface area contributed by atoms with E-state index in [2.05, 4.69) is 50.4 Å². The van der Waals surface area contributed by atoms with Crippen LogP contribution in [0.1, 0.15) is 17.4 Å². The van der Waals surface area contributed by atoms with E-state index in [0.29, 0.717) is 0 Å². The van der Waals surface area contributed by atoms with Crippen LogP contribution in [0.4, 0.5) is 5.69 Å². The van der Waals surface area contributed by atoms with Crippen molar-refractivity contribution in [1.82, 2.24) is 5.32 Å². The summed E-state index contributed by atoms with van der Waals surface area (Å²) in [6.07, 6.45) is 1.69. The number of nitrogens with one attached hydrogen (secondary N) is 1. The third kappa shape index (κ3) is 2.60. The van der Waals surface area contributed by atoms with Crippen LogP contribution >= 0.6 is 15.9 Å². The van der Waals surface area contributed by atoms with Gasteiger partial charge in [0.25, 0.3) is 0 Å². The SMILES string of the molecule is CNC(c1ccc(N(C)C)cc1)c1occc1Br. The van der Waals surface area contributed by atoms with Crippen molar-refractivity contribution in [2.75, 3.05) is 26.0 Å². The predicted octanol–water partition coefficient (Wildman–Crippen LogP) is 3.42. The van der Waals surface area contributed by atoms with E-state index in [1.807, 2.05) is 27.2 Å². The minimum Gasteiger partial charge on any atom is -0.466 e. The summed E-state index contributed by atoms with van der Waals surface area (Å²) in [6, 6.07) is 10.4. The number of rotatable bonds is 4. The van der Waals surface area contributed by atoms with E-state index < -0.39 is 0 Å². The second kappa shape index (κ2) is 5.59. The highest BCUT2D eigenvalue weighted by Gasteiger charge is 2.18. The average Bonchev–Trinajstić information content (AvgIpc) is 2.78. The molecule has 1 aromatic heterocycles. The zero-order valence-electron chi connectivity index (χ0n) is 10.8. The summed E-state index contributed by atoms with van der Waals surface area (Å²) in [5, 5.41) is 3.27. The zero-order valence-corrected chi connectivity index (χ0v) is 12.4. The molecule has 2 rings (SSSR count). The van der Waals surface area contributed by atoms with Crippen molar-refractivity contribution < 1.29 is 4.42 Å². The molecule has 0 aliphatic rings. The Labute approximate surface area is 116 Å². The van der Waals surface area contributed by atoms with E-state index in [4.69, 9.17) is 4.42 Å². The fraction of sp³-hybridized carbons (Fsp3) is 0.286. The van der Waals surface area contributed by atoms with E-state index in [9.17, 15) is 0 Å². The topological polar surface area (TPSA) is 28.4 Å². The largest absolute Gasteiger partial charge is 0.466 e. The van der Waals surface area contributed by atoms with Crippen molar-refractivity contribution in [3.8, 4) is 0 Å². The van der Waals surface area contributed by atoms with E-state index in [-0.39, 0.29) is 6.04 Å². The van der Waals surface area contributed by atoms with Crippen LogP contribution in [0.2, 0.25) is 0 Å². The summed E-state index contributed by atoms with van der Waals surface area (Å²) in [4.78, 5) is 2.08. The molecule has 2 aromatic rings. The lowest BCUT2D eigenvalue weighted by Gasteiger charge is -2.17. The van der Waals surface area contributed by atoms with Crippen molar-refractivity contribution >= 4 is 21.6 Å². The molecule has 18 heavy (non-hydrogen) atoms. The Morgan fingerprint density at radius 1 is 1.17 bits per heavy atom. The Bertz CT molecular complexity index is 505. The summed E-state index contributed by atoms with van der Waals surface area (Å²) >= 11 is 3.50. The maximum Gasteiger partial charge on any atom is 0.139 e. The number of anilines is 1. The molecule has 0 fully saturated rings. The number of nitrogens with zero attached hydrogens (tertiary/aromatic N) is 1. The van der Waals surface area contributed by atoms with Crippen LogP contribution in [0, 0.1) is 0 Å². The second-order valence-electron chi connectivity index (χ2n) is 4.34. The number of hydrogen-bond acceptors (Lipinski definition) is 3. The first kappa shape index (κ1) is 13.2. The van der Waals surface area contributed by atoms with Crippen molar-refractivity contribution in [2.24, 2.45) is 0 Å². The van der Waals surface area contributed by atoms with Gasteiger partial charge in [-0.25, -0.2) is 0 Å². The molecule has 0 saturated heterocycles. The van der Waals surface area contributed by atoms with E-state index >= 15 is 0 Å². The lowest BCUT2D eigenvalue weighted by atomic mass is 10.0. The van der Waals surface area contributed by atoms with Gasteiger partial charge in [0.2, 0.25) is 0 Å². The highest BCUT2D eigenvalue weighted by atomic mass is 79.9. The van der Waals surface area contributed by atoms with Crippen molar-refractivity contribution in [3.05, 3.63) is 52.4 Å². The molecule has 1 heterocycles. The summed E-state index contributed by atoms with van der Waals surface area (Å²) in [5.74, 6) is 0.898. The van der Waals surface area contributed by atoms with Gasteiger partial charge in [-0.2, -0.15) is 0 Å². The average molecular weight is 309 g/mol. The minimum absolute atomic E-state index is 0.0607. The Morgan fingerprint density at radius 2 is 1.83 bits per heavy atom. The van der Waals surface area contributed by atoms with Crippen LogP contribution in [0.25, 0.3) is 0 Å². The first-order chi connectivity index (χ1) is 8.63. The van der Waals surface area contributed by atoms with Gasteiger partial charge < -0.3 is 14.6 Å². The number of halogens is 1. The van der Waals surface area contributed by atoms with Crippen LogP contribution < -0.4 is 10.2 Å². The fourth-order valence-electron chi connectivity index (χ4n) is 1.93. The molecule has 3 nitrogen and oxygen atoms in total. The molecule has 1 unspecified atom stereocenters. The monoisotopic (exact) mass is 308 g/mol. The lowest BCUT2D eigenvalue weighted by molar-refractivity contribution is 0.461. The van der Waals surface area contributed by atoms with Gasteiger partial charge in [-0.3, -0.25) is 0 Å². The Hall–Kier alpha value is -1.26. The van der Waals surface area contributed by atoms with E-state index in [1.54, 1.807) is 6.26 Å². The van der Waals surface area contributed by atoms with Gasteiger partial charge in [0, 0.05) is 19.8 Å². The normalized spacial score (nSPS) is 12.4. The summed E-state index contributed by atoms with van der Waals surface area (Å²) in [7, 11) is 6.00. The zero-order chi connectivity index (χ0) is 13.1. The molecule has 1 N–H and O–H groups in total. The molecule has 0 saturated carbocycles. The predicted molar refractivity (Wildman–Crippen MR) is 78.1 cm³/mol. The summed E-state index contributed by atoms with van der Waals surface area (Å²) < 4.78 is 6.51. The van der Waals surface area contributed by atoms with Gasteiger partial charge in [-0.05, 0) is 46.7 Å². The van der Waals surface area contributed by atoms with Gasteiger partial charge in [-0.15, -0.1) is 0 Å². The maximum atomic E-state index is 5.53. The third-order valence-corrected chi connectivity index (χ3v) is 3.59. The van der Waals surface area contributed by atoms with Crippen LogP contribution in [0.5, 0.6) is 0 Å². The van der Waals surface area contributed by atoms with Gasteiger partial charge in [0.1, 0.15) is 5.76 Å². The van der Waals surface area contributed by atoms with Gasteiger partial charge in [0.15, 0.2) is 0 Å². The van der Waals surface area contributed by atoms with Crippen LogP contribution in [0.15, 0.2) is 45.5 Å². The molecule has 0 bridgehead atoms. The molecule has 0 aliphatic carbocycles. The second-order valence-corrected chi connectivity index (χ2v) is 5.19. The molecule has 0 spiro atoms. The smallest absolute Gasteiger partial charge is 0.139 e. The Balaban J connectivity index is 2.31. The summed E-state index contributed by atoms with van der Waals surface area (Å²) in [6.45, 7) is 0. The van der Waals surface area contributed by atoms with E-state index in [0.717, 1.165) is 10.2 Å². The molecule has 1 aromatic carbocycles. The lowest BCUT2D eigenvalue weighted by Crippen LogP contribution is -2.17. The summed E-state index contributed by atoms with van der Waals surface area (Å²) in [5.41, 5.74) is 2.37. The molecular weight excluding hydrogens is 292 g/mol. The highest BCUT2D eigenvalue weighted by Crippen LogP contribution is 2.30.